The van der Waals surface area contributed by atoms with Gasteiger partial charge in [0.15, 0.2) is 0 Å². The molecule has 3 aromatic heterocycles. The van der Waals surface area contributed by atoms with Gasteiger partial charge in [-0.3, -0.25) is 4.68 Å². The van der Waals surface area contributed by atoms with Gasteiger partial charge in [-0.2, -0.15) is 5.10 Å². The Labute approximate surface area is 128 Å². The molecule has 0 radical (unpaired) electrons. The van der Waals surface area contributed by atoms with E-state index in [9.17, 15) is 0 Å². The number of hydrogen-bond donors (Lipinski definition) is 1. The third-order valence-corrected chi connectivity index (χ3v) is 4.18. The first-order chi connectivity index (χ1) is 10.0. The second-order valence-corrected chi connectivity index (χ2v) is 6.31. The fourth-order valence-corrected chi connectivity index (χ4v) is 3.28. The Kier molecular flexibility index (Phi) is 3.63. The number of hydrogen-bond acceptors (Lipinski definition) is 5. The zero-order chi connectivity index (χ0) is 15.0. The predicted octanol–water partition coefficient (Wildman–Crippen LogP) is 3.31. The van der Waals surface area contributed by atoms with Gasteiger partial charge in [0.25, 0.3) is 0 Å². The Balaban J connectivity index is 1.81. The van der Waals surface area contributed by atoms with Crippen molar-refractivity contribution in [2.24, 2.45) is 0 Å². The molecule has 3 heterocycles. The van der Waals surface area contributed by atoms with Gasteiger partial charge < -0.3 is 5.32 Å². The number of nitrogens with one attached hydrogen (secondary N) is 1. The van der Waals surface area contributed by atoms with E-state index in [2.05, 4.69) is 51.7 Å². The highest BCUT2D eigenvalue weighted by molar-refractivity contribution is 7.16. The highest BCUT2D eigenvalue weighted by Crippen LogP contribution is 2.25. The fourth-order valence-electron chi connectivity index (χ4n) is 2.47. The van der Waals surface area contributed by atoms with Gasteiger partial charge in [-0.15, -0.1) is 11.3 Å². The number of aryl methyl sites for hydroxylation is 3. The Morgan fingerprint density at radius 1 is 1.29 bits per heavy atom. The van der Waals surface area contributed by atoms with Crippen LogP contribution in [0.15, 0.2) is 17.5 Å². The summed E-state index contributed by atoms with van der Waals surface area (Å²) in [4.78, 5) is 10.0. The van der Waals surface area contributed by atoms with Gasteiger partial charge in [-0.1, -0.05) is 0 Å². The van der Waals surface area contributed by atoms with Crippen LogP contribution in [0.2, 0.25) is 0 Å². The van der Waals surface area contributed by atoms with E-state index in [-0.39, 0.29) is 6.04 Å². The lowest BCUT2D eigenvalue weighted by Gasteiger charge is -2.16. The van der Waals surface area contributed by atoms with Crippen molar-refractivity contribution in [3.8, 4) is 0 Å². The molecule has 0 amide bonds. The lowest BCUT2D eigenvalue weighted by atomic mass is 10.3. The summed E-state index contributed by atoms with van der Waals surface area (Å²) in [7, 11) is 0. The minimum atomic E-state index is 0.236. The minimum Gasteiger partial charge on any atom is -0.365 e. The molecule has 21 heavy (non-hydrogen) atoms. The van der Waals surface area contributed by atoms with E-state index >= 15 is 0 Å². The molecule has 0 fully saturated rings. The molecule has 0 bridgehead atoms. The molecule has 0 spiro atoms. The van der Waals surface area contributed by atoms with Crippen molar-refractivity contribution in [3.63, 3.8) is 0 Å². The second-order valence-electron chi connectivity index (χ2n) is 5.41. The molecule has 0 aliphatic rings. The molecule has 3 rings (SSSR count). The van der Waals surface area contributed by atoms with Crippen LogP contribution in [0.4, 0.5) is 5.82 Å². The number of fused-ring (bicyclic) bond motifs is 1. The van der Waals surface area contributed by atoms with Crippen molar-refractivity contribution >= 4 is 27.4 Å². The quantitative estimate of drug-likeness (QED) is 0.803. The molecule has 1 N–H and O–H groups in total. The van der Waals surface area contributed by atoms with Gasteiger partial charge >= 0.3 is 0 Å². The van der Waals surface area contributed by atoms with Gasteiger partial charge in [0.2, 0.25) is 0 Å². The summed E-state index contributed by atoms with van der Waals surface area (Å²) >= 11 is 1.64. The van der Waals surface area contributed by atoms with Gasteiger partial charge in [-0.05, 0) is 45.2 Å². The Hall–Kier alpha value is -1.95. The third kappa shape index (κ3) is 2.90. The maximum Gasteiger partial charge on any atom is 0.138 e. The Morgan fingerprint density at radius 3 is 2.81 bits per heavy atom. The van der Waals surface area contributed by atoms with Crippen molar-refractivity contribution in [3.05, 3.63) is 34.7 Å². The van der Waals surface area contributed by atoms with Gasteiger partial charge in [0, 0.05) is 11.7 Å². The van der Waals surface area contributed by atoms with Gasteiger partial charge in [0.1, 0.15) is 16.5 Å². The summed E-state index contributed by atoms with van der Waals surface area (Å²) in [5.74, 6) is 1.71. The minimum absolute atomic E-state index is 0.236. The highest BCUT2D eigenvalue weighted by Gasteiger charge is 2.11. The number of nitrogens with zero attached hydrogens (tertiary/aromatic N) is 4. The summed E-state index contributed by atoms with van der Waals surface area (Å²) in [6.45, 7) is 8.99. The van der Waals surface area contributed by atoms with E-state index in [0.717, 1.165) is 34.1 Å². The molecule has 3 aromatic rings. The monoisotopic (exact) mass is 301 g/mol. The zero-order valence-electron chi connectivity index (χ0n) is 12.7. The van der Waals surface area contributed by atoms with E-state index in [1.807, 2.05) is 18.5 Å². The average Bonchev–Trinajstić information content (AvgIpc) is 2.96. The molecule has 110 valence electrons. The fraction of sp³-hybridized carbons (Fsp3) is 0.400. The van der Waals surface area contributed by atoms with Crippen LogP contribution in [0.5, 0.6) is 0 Å². The highest BCUT2D eigenvalue weighted by atomic mass is 32.1. The first-order valence-corrected chi connectivity index (χ1v) is 7.90. The van der Waals surface area contributed by atoms with Crippen molar-refractivity contribution in [2.75, 3.05) is 5.32 Å². The first kappa shape index (κ1) is 14.0. The number of anilines is 1. The van der Waals surface area contributed by atoms with Gasteiger partial charge in [0.05, 0.1) is 17.6 Å². The molecular formula is C15H19N5S. The van der Waals surface area contributed by atoms with E-state index in [0.29, 0.717) is 0 Å². The predicted molar refractivity (Wildman–Crippen MR) is 86.9 cm³/mol. The number of aromatic nitrogens is 4. The molecule has 5 nitrogen and oxygen atoms in total. The van der Waals surface area contributed by atoms with Crippen LogP contribution < -0.4 is 5.32 Å². The maximum absolute atomic E-state index is 4.54. The smallest absolute Gasteiger partial charge is 0.138 e. The van der Waals surface area contributed by atoms with Crippen LogP contribution >= 0.6 is 11.3 Å². The summed E-state index contributed by atoms with van der Waals surface area (Å²) in [5, 5.41) is 11.1. The first-order valence-electron chi connectivity index (χ1n) is 7.02. The van der Waals surface area contributed by atoms with E-state index in [1.54, 1.807) is 11.3 Å². The van der Waals surface area contributed by atoms with Crippen LogP contribution in [0.1, 0.15) is 24.1 Å². The molecule has 6 heteroatoms. The largest absolute Gasteiger partial charge is 0.365 e. The number of thiophene rings is 1. The molecule has 0 saturated heterocycles. The van der Waals surface area contributed by atoms with E-state index in [1.165, 1.54) is 5.69 Å². The van der Waals surface area contributed by atoms with Crippen LogP contribution in [0.25, 0.3) is 10.2 Å². The third-order valence-electron chi connectivity index (χ3n) is 3.37. The number of rotatable bonds is 4. The lowest BCUT2D eigenvalue weighted by molar-refractivity contribution is 0.545. The summed E-state index contributed by atoms with van der Waals surface area (Å²) in [6, 6.07) is 4.40. The summed E-state index contributed by atoms with van der Waals surface area (Å²) < 4.78 is 2.03. The SMILES string of the molecule is Cc1cc(C)n(CC(C)Nc2nc(C)nc3sccc23)n1. The van der Waals surface area contributed by atoms with Crippen molar-refractivity contribution < 1.29 is 0 Å². The van der Waals surface area contributed by atoms with Crippen LogP contribution in [-0.4, -0.2) is 25.8 Å². The normalized spacial score (nSPS) is 12.8. The van der Waals surface area contributed by atoms with E-state index in [4.69, 9.17) is 0 Å². The maximum atomic E-state index is 4.54. The van der Waals surface area contributed by atoms with Gasteiger partial charge in [-0.25, -0.2) is 9.97 Å². The summed E-state index contributed by atoms with van der Waals surface area (Å²) in [5.41, 5.74) is 2.23. The van der Waals surface area contributed by atoms with Crippen molar-refractivity contribution in [1.29, 1.82) is 0 Å². The molecule has 1 unspecified atom stereocenters. The summed E-state index contributed by atoms with van der Waals surface area (Å²) in [6.07, 6.45) is 0. The van der Waals surface area contributed by atoms with Crippen LogP contribution in [-0.2, 0) is 6.54 Å². The molecular weight excluding hydrogens is 282 g/mol. The Morgan fingerprint density at radius 2 is 2.10 bits per heavy atom. The zero-order valence-corrected chi connectivity index (χ0v) is 13.5. The van der Waals surface area contributed by atoms with Crippen molar-refractivity contribution in [2.45, 2.75) is 40.3 Å². The average molecular weight is 301 g/mol. The topological polar surface area (TPSA) is 55.6 Å². The van der Waals surface area contributed by atoms with Crippen molar-refractivity contribution in [1.82, 2.24) is 19.7 Å². The lowest BCUT2D eigenvalue weighted by Crippen LogP contribution is -2.24. The molecule has 0 aliphatic heterocycles. The van der Waals surface area contributed by atoms with Crippen LogP contribution in [0, 0.1) is 20.8 Å². The molecule has 0 aliphatic carbocycles. The molecule has 0 aromatic carbocycles. The Bertz CT molecular complexity index is 774. The molecule has 0 saturated carbocycles. The molecule has 1 atom stereocenters. The standard InChI is InChI=1S/C15H19N5S/c1-9-7-11(3)20(19-9)8-10(2)16-14-13-5-6-21-15(13)18-12(4)17-14/h5-7,10H,8H2,1-4H3,(H,16,17,18). The van der Waals surface area contributed by atoms with Crippen LogP contribution in [0.3, 0.4) is 0 Å². The second kappa shape index (κ2) is 5.44. The van der Waals surface area contributed by atoms with E-state index < -0.39 is 0 Å².